The lowest BCUT2D eigenvalue weighted by molar-refractivity contribution is 0.102. The highest BCUT2D eigenvalue weighted by atomic mass is 32.1. The van der Waals surface area contributed by atoms with Crippen LogP contribution >= 0.6 is 12.6 Å². The zero-order chi connectivity index (χ0) is 13.1. The molecule has 2 aromatic rings. The number of carbonyl (C=O) groups excluding carboxylic acids is 1. The van der Waals surface area contributed by atoms with E-state index in [-0.39, 0.29) is 5.91 Å². The molecule has 1 aromatic carbocycles. The Hall–Kier alpha value is -1.75. The van der Waals surface area contributed by atoms with E-state index in [0.29, 0.717) is 5.56 Å². The predicted molar refractivity (Wildman–Crippen MR) is 74.2 cm³/mol. The van der Waals surface area contributed by atoms with Crippen molar-refractivity contribution in [2.24, 2.45) is 7.05 Å². The number of benzene rings is 1. The van der Waals surface area contributed by atoms with E-state index in [0.717, 1.165) is 22.7 Å². The van der Waals surface area contributed by atoms with Crippen molar-refractivity contribution in [1.29, 1.82) is 0 Å². The number of aromatic nitrogens is 2. The molecule has 0 aliphatic heterocycles. The Bertz CT molecular complexity index is 560. The third kappa shape index (κ3) is 2.73. The molecule has 4 nitrogen and oxygen atoms in total. The van der Waals surface area contributed by atoms with Crippen molar-refractivity contribution < 1.29 is 4.79 Å². The highest BCUT2D eigenvalue weighted by Gasteiger charge is 2.10. The zero-order valence-electron chi connectivity index (χ0n) is 10.3. The van der Waals surface area contributed by atoms with Gasteiger partial charge in [-0.15, -0.1) is 12.6 Å². The molecular formula is C13H15N3OS. The molecule has 2 rings (SSSR count). The van der Waals surface area contributed by atoms with Crippen LogP contribution in [0.4, 0.5) is 5.69 Å². The molecular weight excluding hydrogens is 246 g/mol. The highest BCUT2D eigenvalue weighted by Crippen LogP contribution is 2.15. The summed E-state index contributed by atoms with van der Waals surface area (Å²) in [6.45, 7) is 2.01. The van der Waals surface area contributed by atoms with Gasteiger partial charge in [0.25, 0.3) is 5.91 Å². The zero-order valence-corrected chi connectivity index (χ0v) is 11.2. The monoisotopic (exact) mass is 261 g/mol. The minimum Gasteiger partial charge on any atom is -0.319 e. The molecule has 0 atom stereocenters. The van der Waals surface area contributed by atoms with Gasteiger partial charge in [0.15, 0.2) is 0 Å². The number of nitrogens with one attached hydrogen (secondary N) is 1. The second-order valence-electron chi connectivity index (χ2n) is 4.02. The number of anilines is 1. The fraction of sp³-hybridized carbons (Fsp3) is 0.231. The molecule has 0 spiro atoms. The summed E-state index contributed by atoms with van der Waals surface area (Å²) >= 11 is 4.19. The summed E-state index contributed by atoms with van der Waals surface area (Å²) < 4.78 is 1.70. The molecule has 0 radical (unpaired) electrons. The maximum Gasteiger partial charge on any atom is 0.255 e. The number of thiol groups is 1. The van der Waals surface area contributed by atoms with Crippen LogP contribution in [0.15, 0.2) is 35.4 Å². The van der Waals surface area contributed by atoms with Gasteiger partial charge in [-0.3, -0.25) is 9.48 Å². The van der Waals surface area contributed by atoms with E-state index in [1.165, 1.54) is 0 Å². The van der Waals surface area contributed by atoms with Crippen LogP contribution in [0.25, 0.3) is 0 Å². The average molecular weight is 261 g/mol. The molecule has 1 N–H and O–H groups in total. The van der Waals surface area contributed by atoms with Crippen LogP contribution in [0.5, 0.6) is 0 Å². The van der Waals surface area contributed by atoms with Gasteiger partial charge in [-0.25, -0.2) is 0 Å². The molecule has 0 aliphatic carbocycles. The molecule has 0 fully saturated rings. The number of amides is 1. The minimum atomic E-state index is -0.133. The minimum absolute atomic E-state index is 0.133. The summed E-state index contributed by atoms with van der Waals surface area (Å²) in [6.07, 6.45) is 2.59. The predicted octanol–water partition coefficient (Wildman–Crippen LogP) is 2.52. The summed E-state index contributed by atoms with van der Waals surface area (Å²) in [7, 11) is 1.84. The SMILES string of the molecule is CCc1nn(C)cc1NC(=O)c1ccc(S)cc1. The largest absolute Gasteiger partial charge is 0.319 e. The first kappa shape index (κ1) is 12.7. The normalized spacial score (nSPS) is 10.4. The van der Waals surface area contributed by atoms with E-state index >= 15 is 0 Å². The van der Waals surface area contributed by atoms with E-state index in [9.17, 15) is 4.79 Å². The Morgan fingerprint density at radius 1 is 1.39 bits per heavy atom. The molecule has 5 heteroatoms. The maximum absolute atomic E-state index is 12.0. The van der Waals surface area contributed by atoms with Gasteiger partial charge in [0, 0.05) is 23.7 Å². The van der Waals surface area contributed by atoms with Crippen molar-refractivity contribution in [3.05, 3.63) is 41.7 Å². The Kier molecular flexibility index (Phi) is 3.72. The van der Waals surface area contributed by atoms with Gasteiger partial charge in [0.05, 0.1) is 11.4 Å². The third-order valence-corrected chi connectivity index (χ3v) is 2.92. The van der Waals surface area contributed by atoms with Crippen molar-refractivity contribution in [2.45, 2.75) is 18.2 Å². The van der Waals surface area contributed by atoms with Gasteiger partial charge in [-0.05, 0) is 30.7 Å². The first-order valence-electron chi connectivity index (χ1n) is 5.73. The third-order valence-electron chi connectivity index (χ3n) is 2.62. The van der Waals surface area contributed by atoms with E-state index in [2.05, 4.69) is 23.0 Å². The molecule has 0 aliphatic rings. The molecule has 0 unspecified atom stereocenters. The van der Waals surface area contributed by atoms with Crippen LogP contribution in [0.2, 0.25) is 0 Å². The molecule has 0 saturated carbocycles. The molecule has 1 amide bonds. The number of aryl methyl sites for hydroxylation is 2. The second-order valence-corrected chi connectivity index (χ2v) is 4.53. The summed E-state index contributed by atoms with van der Waals surface area (Å²) in [5.41, 5.74) is 2.26. The maximum atomic E-state index is 12.0. The van der Waals surface area contributed by atoms with E-state index in [1.807, 2.05) is 20.2 Å². The number of carbonyl (C=O) groups is 1. The molecule has 18 heavy (non-hydrogen) atoms. The van der Waals surface area contributed by atoms with Gasteiger partial charge in [0.2, 0.25) is 0 Å². The Morgan fingerprint density at radius 2 is 2.06 bits per heavy atom. The van der Waals surface area contributed by atoms with E-state index in [4.69, 9.17) is 0 Å². The molecule has 94 valence electrons. The number of rotatable bonds is 3. The summed E-state index contributed by atoms with van der Waals surface area (Å²) in [5, 5.41) is 7.15. The highest BCUT2D eigenvalue weighted by molar-refractivity contribution is 7.80. The lowest BCUT2D eigenvalue weighted by Crippen LogP contribution is -2.12. The fourth-order valence-electron chi connectivity index (χ4n) is 1.71. The Morgan fingerprint density at radius 3 is 2.67 bits per heavy atom. The van der Waals surface area contributed by atoms with E-state index < -0.39 is 0 Å². The van der Waals surface area contributed by atoms with Crippen LogP contribution in [-0.2, 0) is 13.5 Å². The van der Waals surface area contributed by atoms with Gasteiger partial charge >= 0.3 is 0 Å². The van der Waals surface area contributed by atoms with Crippen molar-refractivity contribution in [1.82, 2.24) is 9.78 Å². The molecule has 1 heterocycles. The van der Waals surface area contributed by atoms with E-state index in [1.54, 1.807) is 28.9 Å². The van der Waals surface area contributed by atoms with Crippen LogP contribution in [0, 0.1) is 0 Å². The van der Waals surface area contributed by atoms with Gasteiger partial charge in [0.1, 0.15) is 0 Å². The topological polar surface area (TPSA) is 46.9 Å². The smallest absolute Gasteiger partial charge is 0.255 e. The molecule has 1 aromatic heterocycles. The van der Waals surface area contributed by atoms with Gasteiger partial charge in [-0.2, -0.15) is 5.10 Å². The summed E-state index contributed by atoms with van der Waals surface area (Å²) in [5.74, 6) is -0.133. The number of hydrogen-bond donors (Lipinski definition) is 2. The lowest BCUT2D eigenvalue weighted by Gasteiger charge is -2.04. The first-order chi connectivity index (χ1) is 8.60. The summed E-state index contributed by atoms with van der Waals surface area (Å²) in [6, 6.07) is 7.09. The van der Waals surface area contributed by atoms with Gasteiger partial charge in [-0.1, -0.05) is 6.92 Å². The van der Waals surface area contributed by atoms with Crippen LogP contribution in [-0.4, -0.2) is 15.7 Å². The number of hydrogen-bond acceptors (Lipinski definition) is 3. The quantitative estimate of drug-likeness (QED) is 0.834. The van der Waals surface area contributed by atoms with Crippen LogP contribution in [0.1, 0.15) is 23.0 Å². The Labute approximate surface area is 111 Å². The standard InChI is InChI=1S/C13H15N3OS/c1-3-11-12(8-16(2)15-11)14-13(17)9-4-6-10(18)7-5-9/h4-8,18H,3H2,1-2H3,(H,14,17). The fourth-order valence-corrected chi connectivity index (χ4v) is 1.86. The average Bonchev–Trinajstić information content (AvgIpc) is 2.70. The van der Waals surface area contributed by atoms with Crippen molar-refractivity contribution in [3.8, 4) is 0 Å². The molecule has 0 saturated heterocycles. The summed E-state index contributed by atoms with van der Waals surface area (Å²) in [4.78, 5) is 12.9. The number of nitrogens with zero attached hydrogens (tertiary/aromatic N) is 2. The van der Waals surface area contributed by atoms with Gasteiger partial charge < -0.3 is 5.32 Å². The Balaban J connectivity index is 2.18. The van der Waals surface area contributed by atoms with Crippen molar-refractivity contribution in [2.75, 3.05) is 5.32 Å². The second kappa shape index (κ2) is 5.27. The lowest BCUT2D eigenvalue weighted by atomic mass is 10.2. The van der Waals surface area contributed by atoms with Crippen molar-refractivity contribution in [3.63, 3.8) is 0 Å². The first-order valence-corrected chi connectivity index (χ1v) is 6.17. The molecule has 0 bridgehead atoms. The van der Waals surface area contributed by atoms with Crippen molar-refractivity contribution >= 4 is 24.2 Å². The van der Waals surface area contributed by atoms with Crippen LogP contribution < -0.4 is 5.32 Å². The van der Waals surface area contributed by atoms with Crippen LogP contribution in [0.3, 0.4) is 0 Å².